The highest BCUT2D eigenvalue weighted by molar-refractivity contribution is 6.42. The molecule has 0 spiro atoms. The van der Waals surface area contributed by atoms with Crippen LogP contribution in [-0.4, -0.2) is 11.6 Å². The number of hydrogen-bond donors (Lipinski definition) is 1. The van der Waals surface area contributed by atoms with Crippen molar-refractivity contribution in [3.63, 3.8) is 0 Å². The van der Waals surface area contributed by atoms with Gasteiger partial charge < -0.3 is 10.1 Å². The molecule has 0 saturated carbocycles. The van der Waals surface area contributed by atoms with Gasteiger partial charge >= 0.3 is 0 Å². The molecule has 1 N–H and O–H groups in total. The number of benzene rings is 1. The summed E-state index contributed by atoms with van der Waals surface area (Å²) in [5, 5.41) is 4.46. The zero-order valence-electron chi connectivity index (χ0n) is 11.4. The Balaban J connectivity index is 2.23. The first-order chi connectivity index (χ1) is 9.63. The summed E-state index contributed by atoms with van der Waals surface area (Å²) in [7, 11) is 0. The number of aromatic nitrogens is 1. The van der Waals surface area contributed by atoms with Crippen LogP contribution in [0.5, 0.6) is 5.88 Å². The van der Waals surface area contributed by atoms with E-state index in [9.17, 15) is 0 Å². The van der Waals surface area contributed by atoms with Crippen LogP contribution in [0, 0.1) is 0 Å². The lowest BCUT2D eigenvalue weighted by atomic mass is 10.1. The largest absolute Gasteiger partial charge is 0.476 e. The van der Waals surface area contributed by atoms with Gasteiger partial charge in [-0.05, 0) is 37.6 Å². The van der Waals surface area contributed by atoms with Crippen molar-refractivity contribution in [2.45, 2.75) is 19.9 Å². The summed E-state index contributed by atoms with van der Waals surface area (Å²) in [6, 6.07) is 9.38. The minimum Gasteiger partial charge on any atom is -0.476 e. The van der Waals surface area contributed by atoms with Crippen molar-refractivity contribution < 1.29 is 4.74 Å². The minimum atomic E-state index is -0.00962. The third kappa shape index (κ3) is 3.35. The predicted molar refractivity (Wildman–Crippen MR) is 83.9 cm³/mol. The summed E-state index contributed by atoms with van der Waals surface area (Å²) in [5.74, 6) is 0.583. The Hall–Kier alpha value is -1.45. The zero-order chi connectivity index (χ0) is 14.5. The molecule has 3 nitrogen and oxygen atoms in total. The molecule has 0 aliphatic heterocycles. The molecular weight excluding hydrogens is 295 g/mol. The Bertz CT molecular complexity index is 590. The van der Waals surface area contributed by atoms with E-state index in [0.29, 0.717) is 22.5 Å². The molecular formula is C15H16Cl2N2O. The van der Waals surface area contributed by atoms with Gasteiger partial charge in [-0.1, -0.05) is 35.3 Å². The highest BCUT2D eigenvalue weighted by atomic mass is 35.5. The van der Waals surface area contributed by atoms with Gasteiger partial charge in [0.15, 0.2) is 0 Å². The van der Waals surface area contributed by atoms with Crippen molar-refractivity contribution in [3.05, 3.63) is 52.1 Å². The summed E-state index contributed by atoms with van der Waals surface area (Å²) in [5.41, 5.74) is 1.77. The second kappa shape index (κ2) is 6.82. The maximum atomic E-state index is 6.24. The number of hydrogen-bond acceptors (Lipinski definition) is 3. The van der Waals surface area contributed by atoms with Crippen LogP contribution in [0.2, 0.25) is 10.0 Å². The summed E-state index contributed by atoms with van der Waals surface area (Å²) in [4.78, 5) is 4.21. The van der Waals surface area contributed by atoms with Gasteiger partial charge in [0.2, 0.25) is 5.88 Å². The highest BCUT2D eigenvalue weighted by Gasteiger charge is 2.14. The van der Waals surface area contributed by atoms with Crippen molar-refractivity contribution in [1.29, 1.82) is 0 Å². The first kappa shape index (κ1) is 14.9. The van der Waals surface area contributed by atoms with Crippen molar-refractivity contribution in [2.24, 2.45) is 0 Å². The number of rotatable bonds is 5. The van der Waals surface area contributed by atoms with E-state index in [0.717, 1.165) is 11.3 Å². The standard InChI is InChI=1S/C15H16Cl2N2O/c1-3-20-15-13(8-5-9-18-15)19-10(2)11-6-4-7-12(16)14(11)17/h4-10,19H,3H2,1-2H3. The molecule has 0 amide bonds. The molecule has 2 aromatic rings. The lowest BCUT2D eigenvalue weighted by Crippen LogP contribution is -2.09. The first-order valence-corrected chi connectivity index (χ1v) is 7.17. The van der Waals surface area contributed by atoms with Crippen LogP contribution in [-0.2, 0) is 0 Å². The third-order valence-corrected chi connectivity index (χ3v) is 3.71. The Kier molecular flexibility index (Phi) is 5.10. The number of nitrogens with one attached hydrogen (secondary N) is 1. The van der Waals surface area contributed by atoms with E-state index in [4.69, 9.17) is 27.9 Å². The lowest BCUT2D eigenvalue weighted by molar-refractivity contribution is 0.328. The number of halogens is 2. The summed E-state index contributed by atoms with van der Waals surface area (Å²) in [6.45, 7) is 4.51. The second-order valence-electron chi connectivity index (χ2n) is 4.30. The molecule has 5 heteroatoms. The minimum absolute atomic E-state index is 0.00962. The molecule has 2 rings (SSSR count). The van der Waals surface area contributed by atoms with Gasteiger partial charge in [0.1, 0.15) is 0 Å². The number of ether oxygens (including phenoxy) is 1. The van der Waals surface area contributed by atoms with Crippen LogP contribution >= 0.6 is 23.2 Å². The Morgan fingerprint density at radius 2 is 2.05 bits per heavy atom. The Morgan fingerprint density at radius 1 is 1.25 bits per heavy atom. The molecule has 0 fully saturated rings. The molecule has 1 unspecified atom stereocenters. The van der Waals surface area contributed by atoms with E-state index in [-0.39, 0.29) is 6.04 Å². The molecule has 0 bridgehead atoms. The molecule has 1 atom stereocenters. The molecule has 106 valence electrons. The quantitative estimate of drug-likeness (QED) is 0.847. The summed E-state index contributed by atoms with van der Waals surface area (Å²) >= 11 is 12.3. The van der Waals surface area contributed by atoms with Gasteiger partial charge in [0.05, 0.1) is 28.4 Å². The van der Waals surface area contributed by atoms with Crippen LogP contribution in [0.25, 0.3) is 0 Å². The number of pyridine rings is 1. The van der Waals surface area contributed by atoms with Gasteiger partial charge in [-0.15, -0.1) is 0 Å². The molecule has 1 aromatic carbocycles. The molecule has 1 heterocycles. The summed E-state index contributed by atoms with van der Waals surface area (Å²) in [6.07, 6.45) is 1.70. The fourth-order valence-corrected chi connectivity index (χ4v) is 2.39. The zero-order valence-corrected chi connectivity index (χ0v) is 12.9. The SMILES string of the molecule is CCOc1ncccc1NC(C)c1cccc(Cl)c1Cl. The molecule has 0 saturated heterocycles. The Labute approximate surface area is 128 Å². The first-order valence-electron chi connectivity index (χ1n) is 6.41. The van der Waals surface area contributed by atoms with E-state index >= 15 is 0 Å². The van der Waals surface area contributed by atoms with Gasteiger partial charge in [0.25, 0.3) is 0 Å². The van der Waals surface area contributed by atoms with E-state index < -0.39 is 0 Å². The van der Waals surface area contributed by atoms with Crippen molar-refractivity contribution >= 4 is 28.9 Å². The monoisotopic (exact) mass is 310 g/mol. The highest BCUT2D eigenvalue weighted by Crippen LogP contribution is 2.33. The van der Waals surface area contributed by atoms with E-state index in [1.165, 1.54) is 0 Å². The fourth-order valence-electron chi connectivity index (χ4n) is 1.92. The van der Waals surface area contributed by atoms with E-state index in [1.807, 2.05) is 38.1 Å². The average Bonchev–Trinajstić information content (AvgIpc) is 2.44. The van der Waals surface area contributed by atoms with Crippen LogP contribution in [0.15, 0.2) is 36.5 Å². The van der Waals surface area contributed by atoms with Crippen LogP contribution in [0.3, 0.4) is 0 Å². The normalized spacial score (nSPS) is 12.0. The van der Waals surface area contributed by atoms with E-state index in [2.05, 4.69) is 10.3 Å². The fraction of sp³-hybridized carbons (Fsp3) is 0.267. The Morgan fingerprint density at radius 3 is 2.80 bits per heavy atom. The third-order valence-electron chi connectivity index (χ3n) is 2.87. The number of nitrogens with zero attached hydrogens (tertiary/aromatic N) is 1. The van der Waals surface area contributed by atoms with Crippen LogP contribution < -0.4 is 10.1 Å². The molecule has 0 aliphatic rings. The average molecular weight is 311 g/mol. The summed E-state index contributed by atoms with van der Waals surface area (Å²) < 4.78 is 5.50. The van der Waals surface area contributed by atoms with Crippen molar-refractivity contribution in [2.75, 3.05) is 11.9 Å². The maximum absolute atomic E-state index is 6.24. The van der Waals surface area contributed by atoms with Crippen molar-refractivity contribution in [1.82, 2.24) is 4.98 Å². The number of anilines is 1. The van der Waals surface area contributed by atoms with Gasteiger partial charge in [-0.2, -0.15) is 0 Å². The second-order valence-corrected chi connectivity index (χ2v) is 5.08. The maximum Gasteiger partial charge on any atom is 0.237 e. The topological polar surface area (TPSA) is 34.1 Å². The van der Waals surface area contributed by atoms with E-state index in [1.54, 1.807) is 12.3 Å². The molecule has 1 aromatic heterocycles. The predicted octanol–water partition coefficient (Wildman–Crippen LogP) is 4.96. The van der Waals surface area contributed by atoms with Gasteiger partial charge in [-0.3, -0.25) is 0 Å². The van der Waals surface area contributed by atoms with Crippen molar-refractivity contribution in [3.8, 4) is 5.88 Å². The smallest absolute Gasteiger partial charge is 0.237 e. The molecule has 0 aliphatic carbocycles. The van der Waals surface area contributed by atoms with Gasteiger partial charge in [0, 0.05) is 6.20 Å². The molecule has 20 heavy (non-hydrogen) atoms. The lowest BCUT2D eigenvalue weighted by Gasteiger charge is -2.19. The molecule has 0 radical (unpaired) electrons. The van der Waals surface area contributed by atoms with Gasteiger partial charge in [-0.25, -0.2) is 4.98 Å². The van der Waals surface area contributed by atoms with Crippen LogP contribution in [0.4, 0.5) is 5.69 Å². The van der Waals surface area contributed by atoms with Crippen LogP contribution in [0.1, 0.15) is 25.5 Å².